The first-order chi connectivity index (χ1) is 15.5. The van der Waals surface area contributed by atoms with Crippen molar-refractivity contribution >= 4 is 16.5 Å². The van der Waals surface area contributed by atoms with Gasteiger partial charge in [0.05, 0.1) is 5.69 Å². The third-order valence-corrected chi connectivity index (χ3v) is 8.84. The summed E-state index contributed by atoms with van der Waals surface area (Å²) < 4.78 is 20.3. The van der Waals surface area contributed by atoms with Crippen molar-refractivity contribution in [2.75, 3.05) is 18.0 Å². The number of nitrogens with zero attached hydrogens (tertiary/aromatic N) is 5. The molecule has 32 heavy (non-hydrogen) atoms. The van der Waals surface area contributed by atoms with Gasteiger partial charge in [0, 0.05) is 32.0 Å². The zero-order valence-electron chi connectivity index (χ0n) is 18.8. The Balaban J connectivity index is 1.21. The van der Waals surface area contributed by atoms with Gasteiger partial charge >= 0.3 is 0 Å². The summed E-state index contributed by atoms with van der Waals surface area (Å²) in [6.45, 7) is 7.29. The van der Waals surface area contributed by atoms with E-state index in [0.29, 0.717) is 17.8 Å². The van der Waals surface area contributed by atoms with Gasteiger partial charge in [-0.05, 0) is 98.1 Å². The van der Waals surface area contributed by atoms with E-state index in [1.165, 1.54) is 23.4 Å². The van der Waals surface area contributed by atoms with Gasteiger partial charge in [0.15, 0.2) is 5.82 Å². The van der Waals surface area contributed by atoms with Crippen LogP contribution in [0, 0.1) is 37.4 Å². The minimum atomic E-state index is -0.167. The Kier molecular flexibility index (Phi) is 5.05. The molecule has 4 heterocycles. The topological polar surface area (TPSA) is 46.8 Å². The maximum absolute atomic E-state index is 13.7. The molecule has 0 N–H and O–H groups in total. The Morgan fingerprint density at radius 1 is 1.09 bits per heavy atom. The van der Waals surface area contributed by atoms with Gasteiger partial charge in [-0.25, -0.2) is 14.1 Å². The molecule has 3 aromatic rings. The fourth-order valence-electron chi connectivity index (χ4n) is 6.37. The number of aryl methyl sites for hydroxylation is 3. The predicted molar refractivity (Wildman–Crippen MR) is 125 cm³/mol. The summed E-state index contributed by atoms with van der Waals surface area (Å²) in [6.07, 6.45) is 5.76. The fraction of sp³-hybridized carbons (Fsp3) is 0.560. The summed E-state index contributed by atoms with van der Waals surface area (Å²) in [5.41, 5.74) is 3.33. The SMILES string of the molecule is Cc1cc(N2C[C@H]3CC[C@@H](C2)C3Cc2nc3n(n2)CCCC3c2ccc(F)cc2C)sn1. The largest absolute Gasteiger partial charge is 0.362 e. The first kappa shape index (κ1) is 20.3. The van der Waals surface area contributed by atoms with Crippen LogP contribution in [0.4, 0.5) is 9.39 Å². The molecular formula is C25H30FN5S. The normalized spacial score (nSPS) is 27.0. The molecule has 5 nitrogen and oxygen atoms in total. The molecule has 7 heteroatoms. The molecule has 2 unspecified atom stereocenters. The van der Waals surface area contributed by atoms with Gasteiger partial charge in [-0.1, -0.05) is 6.07 Å². The van der Waals surface area contributed by atoms with Gasteiger partial charge in [-0.3, -0.25) is 0 Å². The van der Waals surface area contributed by atoms with Crippen molar-refractivity contribution in [3.8, 4) is 0 Å². The number of hydrogen-bond acceptors (Lipinski definition) is 5. The van der Waals surface area contributed by atoms with E-state index >= 15 is 0 Å². The van der Waals surface area contributed by atoms with E-state index in [-0.39, 0.29) is 11.7 Å². The van der Waals surface area contributed by atoms with E-state index in [1.54, 1.807) is 23.7 Å². The molecule has 3 aliphatic rings. The molecule has 6 rings (SSSR count). The van der Waals surface area contributed by atoms with Crippen molar-refractivity contribution in [3.63, 3.8) is 0 Å². The Hall–Kier alpha value is -2.28. The molecule has 1 saturated carbocycles. The van der Waals surface area contributed by atoms with Gasteiger partial charge < -0.3 is 4.90 Å². The van der Waals surface area contributed by atoms with Crippen molar-refractivity contribution in [2.24, 2.45) is 17.8 Å². The number of hydrogen-bond donors (Lipinski definition) is 0. The van der Waals surface area contributed by atoms with Gasteiger partial charge in [0.1, 0.15) is 16.6 Å². The fourth-order valence-corrected chi connectivity index (χ4v) is 7.15. The van der Waals surface area contributed by atoms with E-state index in [0.717, 1.165) is 61.8 Å². The van der Waals surface area contributed by atoms with E-state index in [2.05, 4.69) is 26.9 Å². The van der Waals surface area contributed by atoms with E-state index < -0.39 is 0 Å². The Bertz CT molecular complexity index is 1120. The summed E-state index contributed by atoms with van der Waals surface area (Å²) >= 11 is 1.64. The summed E-state index contributed by atoms with van der Waals surface area (Å²) in [6, 6.07) is 7.39. The number of aromatic nitrogens is 4. The summed E-state index contributed by atoms with van der Waals surface area (Å²) in [5, 5.41) is 6.28. The maximum Gasteiger partial charge on any atom is 0.151 e. The maximum atomic E-state index is 13.7. The van der Waals surface area contributed by atoms with E-state index in [9.17, 15) is 4.39 Å². The highest BCUT2D eigenvalue weighted by Crippen LogP contribution is 2.45. The molecule has 168 valence electrons. The summed E-state index contributed by atoms with van der Waals surface area (Å²) in [4.78, 5) is 7.64. The molecular weight excluding hydrogens is 421 g/mol. The molecule has 2 fully saturated rings. The molecule has 4 atom stereocenters. The molecule has 2 aromatic heterocycles. The van der Waals surface area contributed by atoms with Crippen molar-refractivity contribution in [2.45, 2.75) is 58.4 Å². The van der Waals surface area contributed by atoms with Crippen LogP contribution >= 0.6 is 11.5 Å². The highest BCUT2D eigenvalue weighted by molar-refractivity contribution is 7.10. The van der Waals surface area contributed by atoms with Gasteiger partial charge in [0.2, 0.25) is 0 Å². The highest BCUT2D eigenvalue weighted by atomic mass is 32.1. The van der Waals surface area contributed by atoms with Crippen LogP contribution in [0.15, 0.2) is 24.3 Å². The lowest BCUT2D eigenvalue weighted by Gasteiger charge is -2.38. The van der Waals surface area contributed by atoms with Gasteiger partial charge in [0.25, 0.3) is 0 Å². The minimum Gasteiger partial charge on any atom is -0.362 e. The van der Waals surface area contributed by atoms with Crippen molar-refractivity contribution in [3.05, 3.63) is 58.6 Å². The molecule has 0 radical (unpaired) electrons. The number of benzene rings is 1. The van der Waals surface area contributed by atoms with Crippen LogP contribution < -0.4 is 4.90 Å². The van der Waals surface area contributed by atoms with Gasteiger partial charge in [-0.2, -0.15) is 9.47 Å². The number of anilines is 1. The lowest BCUT2D eigenvalue weighted by molar-refractivity contribution is 0.266. The van der Waals surface area contributed by atoms with Crippen LogP contribution in [0.3, 0.4) is 0 Å². The highest BCUT2D eigenvalue weighted by Gasteiger charge is 2.43. The molecule has 1 aromatic carbocycles. The molecule has 2 aliphatic heterocycles. The van der Waals surface area contributed by atoms with Crippen LogP contribution in [-0.4, -0.2) is 32.2 Å². The molecule has 1 aliphatic carbocycles. The number of rotatable bonds is 4. The Morgan fingerprint density at radius 3 is 2.62 bits per heavy atom. The van der Waals surface area contributed by atoms with Crippen molar-refractivity contribution < 1.29 is 4.39 Å². The van der Waals surface area contributed by atoms with Crippen LogP contribution in [0.25, 0.3) is 0 Å². The molecule has 1 saturated heterocycles. The van der Waals surface area contributed by atoms with E-state index in [4.69, 9.17) is 10.1 Å². The van der Waals surface area contributed by atoms with Crippen LogP contribution in [0.1, 0.15) is 60.1 Å². The second-order valence-electron chi connectivity index (χ2n) is 9.98. The van der Waals surface area contributed by atoms with E-state index in [1.807, 2.05) is 13.0 Å². The Morgan fingerprint density at radius 2 is 1.91 bits per heavy atom. The number of halogens is 1. The lowest BCUT2D eigenvalue weighted by Crippen LogP contribution is -2.42. The molecule has 0 spiro atoms. The second-order valence-corrected chi connectivity index (χ2v) is 10.8. The quantitative estimate of drug-likeness (QED) is 0.552. The third-order valence-electron chi connectivity index (χ3n) is 7.90. The first-order valence-corrected chi connectivity index (χ1v) is 12.7. The van der Waals surface area contributed by atoms with Crippen LogP contribution in [0.2, 0.25) is 0 Å². The third kappa shape index (κ3) is 3.54. The minimum absolute atomic E-state index is 0.167. The first-order valence-electron chi connectivity index (χ1n) is 11.9. The zero-order chi connectivity index (χ0) is 21.8. The summed E-state index contributed by atoms with van der Waals surface area (Å²) in [7, 11) is 0. The number of piperidine rings is 1. The standard InChI is InChI=1S/C25H30FN5S/c1-15-10-19(26)7-8-20(15)21-4-3-9-31-25(21)27-23(28-31)12-22-17-5-6-18(22)14-30(13-17)24-11-16(2)29-32-24/h7-8,10-11,17-18,21-22H,3-6,9,12-14H2,1-2H3/t17-,18+,21?,22?. The average molecular weight is 452 g/mol. The van der Waals surface area contributed by atoms with Crippen LogP contribution in [0.5, 0.6) is 0 Å². The Labute approximate surface area is 192 Å². The summed E-state index contributed by atoms with van der Waals surface area (Å²) in [5.74, 6) is 4.24. The average Bonchev–Trinajstić information content (AvgIpc) is 3.44. The van der Waals surface area contributed by atoms with Crippen molar-refractivity contribution in [1.82, 2.24) is 19.1 Å². The molecule has 2 bridgehead atoms. The van der Waals surface area contributed by atoms with Gasteiger partial charge in [-0.15, -0.1) is 0 Å². The molecule has 0 amide bonds. The monoisotopic (exact) mass is 451 g/mol. The lowest BCUT2D eigenvalue weighted by atomic mass is 9.82. The predicted octanol–water partition coefficient (Wildman–Crippen LogP) is 5.12. The second kappa shape index (κ2) is 7.94. The smallest absolute Gasteiger partial charge is 0.151 e. The number of fused-ring (bicyclic) bond motifs is 3. The van der Waals surface area contributed by atoms with Crippen LogP contribution in [-0.2, 0) is 13.0 Å². The van der Waals surface area contributed by atoms with Crippen molar-refractivity contribution in [1.29, 1.82) is 0 Å². The zero-order valence-corrected chi connectivity index (χ0v) is 19.6.